The third-order valence-corrected chi connectivity index (χ3v) is 4.63. The first-order valence-corrected chi connectivity index (χ1v) is 7.79. The number of hydrogen-bond donors (Lipinski definition) is 0. The van der Waals surface area contributed by atoms with Crippen LogP contribution in [0.25, 0.3) is 0 Å². The fourth-order valence-electron chi connectivity index (χ4n) is 2.36. The summed E-state index contributed by atoms with van der Waals surface area (Å²) in [6.07, 6.45) is 2.56. The molecule has 4 heteroatoms. The van der Waals surface area contributed by atoms with Crippen molar-refractivity contribution in [1.82, 2.24) is 4.90 Å². The molecule has 1 aromatic rings. The molecule has 0 aromatic heterocycles. The highest BCUT2D eigenvalue weighted by atomic mass is 79.9. The van der Waals surface area contributed by atoms with Crippen molar-refractivity contribution in [3.8, 4) is 0 Å². The minimum Gasteiger partial charge on any atom is -0.299 e. The van der Waals surface area contributed by atoms with E-state index in [-0.39, 0.29) is 0 Å². The quantitative estimate of drug-likeness (QED) is 0.726. The summed E-state index contributed by atoms with van der Waals surface area (Å²) < 4.78 is 0. The number of alkyl halides is 1. The zero-order valence-corrected chi connectivity index (χ0v) is 12.7. The zero-order valence-electron chi connectivity index (χ0n) is 9.63. The van der Waals surface area contributed by atoms with E-state index in [2.05, 4.69) is 26.9 Å². The van der Waals surface area contributed by atoms with E-state index in [1.165, 1.54) is 25.9 Å². The van der Waals surface area contributed by atoms with Crippen molar-refractivity contribution in [3.63, 3.8) is 0 Å². The summed E-state index contributed by atoms with van der Waals surface area (Å²) in [6.45, 7) is 3.26. The Morgan fingerprint density at radius 1 is 1.35 bits per heavy atom. The lowest BCUT2D eigenvalue weighted by molar-refractivity contribution is 0.315. The largest absolute Gasteiger partial charge is 0.299 e. The van der Waals surface area contributed by atoms with Crippen LogP contribution in [0.15, 0.2) is 18.2 Å². The summed E-state index contributed by atoms with van der Waals surface area (Å²) in [5.41, 5.74) is 1.14. The van der Waals surface area contributed by atoms with Crippen LogP contribution in [-0.4, -0.2) is 23.3 Å². The summed E-state index contributed by atoms with van der Waals surface area (Å²) >= 11 is 15.7. The lowest BCUT2D eigenvalue weighted by Gasteiger charge is -2.17. The number of nitrogens with zero attached hydrogens (tertiary/aromatic N) is 1. The van der Waals surface area contributed by atoms with Gasteiger partial charge in [-0.05, 0) is 36.9 Å². The molecule has 0 aliphatic carbocycles. The Morgan fingerprint density at radius 2 is 2.18 bits per heavy atom. The number of likely N-dealkylation sites (tertiary alicyclic amines) is 1. The maximum atomic E-state index is 6.20. The van der Waals surface area contributed by atoms with Gasteiger partial charge in [0, 0.05) is 18.4 Å². The zero-order chi connectivity index (χ0) is 12.3. The molecule has 2 rings (SSSR count). The second-order valence-electron chi connectivity index (χ2n) is 4.58. The van der Waals surface area contributed by atoms with E-state index >= 15 is 0 Å². The van der Waals surface area contributed by atoms with Crippen LogP contribution in [0.2, 0.25) is 10.0 Å². The van der Waals surface area contributed by atoms with Crippen molar-refractivity contribution in [3.05, 3.63) is 33.8 Å². The Balaban J connectivity index is 1.96. The predicted octanol–water partition coefficient (Wildman–Crippen LogP) is 4.60. The normalized spacial score (nSPS) is 21.0. The van der Waals surface area contributed by atoms with Crippen molar-refractivity contribution in [2.45, 2.75) is 19.4 Å². The molecule has 1 saturated heterocycles. The topological polar surface area (TPSA) is 3.24 Å². The Bertz CT molecular complexity index is 384. The Morgan fingerprint density at radius 3 is 2.94 bits per heavy atom. The van der Waals surface area contributed by atoms with Gasteiger partial charge in [0.25, 0.3) is 0 Å². The molecule has 1 unspecified atom stereocenters. The molecule has 0 N–H and O–H groups in total. The van der Waals surface area contributed by atoms with Crippen LogP contribution in [0, 0.1) is 5.92 Å². The molecule has 1 nitrogen and oxygen atoms in total. The maximum absolute atomic E-state index is 6.20. The van der Waals surface area contributed by atoms with Crippen molar-refractivity contribution in [1.29, 1.82) is 0 Å². The minimum absolute atomic E-state index is 0.653. The first-order chi connectivity index (χ1) is 8.20. The first kappa shape index (κ1) is 13.7. The summed E-state index contributed by atoms with van der Waals surface area (Å²) in [6, 6.07) is 5.87. The molecule has 1 heterocycles. The van der Waals surface area contributed by atoms with Crippen molar-refractivity contribution < 1.29 is 0 Å². The Labute approximate surface area is 121 Å². The van der Waals surface area contributed by atoms with Gasteiger partial charge in [0.05, 0.1) is 10.0 Å². The summed E-state index contributed by atoms with van der Waals surface area (Å²) in [5, 5.41) is 2.46. The van der Waals surface area contributed by atoms with Gasteiger partial charge in [-0.15, -0.1) is 0 Å². The highest BCUT2D eigenvalue weighted by Gasteiger charge is 2.22. The molecule has 0 spiro atoms. The highest BCUT2D eigenvalue weighted by molar-refractivity contribution is 9.09. The van der Waals surface area contributed by atoms with Gasteiger partial charge in [-0.2, -0.15) is 0 Å². The van der Waals surface area contributed by atoms with E-state index in [4.69, 9.17) is 23.2 Å². The molecule has 1 aromatic carbocycles. The van der Waals surface area contributed by atoms with Crippen LogP contribution in [0.3, 0.4) is 0 Å². The summed E-state index contributed by atoms with van der Waals surface area (Å²) in [7, 11) is 0. The fourth-order valence-corrected chi connectivity index (χ4v) is 3.39. The molecule has 0 radical (unpaired) electrons. The van der Waals surface area contributed by atoms with Gasteiger partial charge >= 0.3 is 0 Å². The second-order valence-corrected chi connectivity index (χ2v) is 6.16. The van der Waals surface area contributed by atoms with Crippen LogP contribution < -0.4 is 0 Å². The molecule has 0 bridgehead atoms. The van der Waals surface area contributed by atoms with Gasteiger partial charge in [-0.1, -0.05) is 51.3 Å². The highest BCUT2D eigenvalue weighted by Crippen LogP contribution is 2.28. The molecule has 1 aliphatic rings. The molecule has 17 heavy (non-hydrogen) atoms. The van der Waals surface area contributed by atoms with Crippen LogP contribution in [0.5, 0.6) is 0 Å². The van der Waals surface area contributed by atoms with E-state index in [9.17, 15) is 0 Å². The van der Waals surface area contributed by atoms with Gasteiger partial charge in [0.15, 0.2) is 0 Å². The van der Waals surface area contributed by atoms with E-state index in [0.29, 0.717) is 10.0 Å². The van der Waals surface area contributed by atoms with Crippen LogP contribution in [-0.2, 0) is 6.54 Å². The van der Waals surface area contributed by atoms with Crippen LogP contribution >= 0.6 is 39.1 Å². The number of rotatable bonds is 4. The SMILES string of the molecule is Clc1cccc(CN2CCC(CCBr)C2)c1Cl. The molecular formula is C13H16BrCl2N. The predicted molar refractivity (Wildman–Crippen MR) is 78.3 cm³/mol. The molecular weight excluding hydrogens is 321 g/mol. The molecule has 0 amide bonds. The first-order valence-electron chi connectivity index (χ1n) is 5.92. The fraction of sp³-hybridized carbons (Fsp3) is 0.538. The molecule has 1 atom stereocenters. The maximum Gasteiger partial charge on any atom is 0.0637 e. The van der Waals surface area contributed by atoms with Gasteiger partial charge in [0.2, 0.25) is 0 Å². The second kappa shape index (κ2) is 6.42. The third-order valence-electron chi connectivity index (χ3n) is 3.31. The van der Waals surface area contributed by atoms with Crippen molar-refractivity contribution in [2.75, 3.05) is 18.4 Å². The number of benzene rings is 1. The van der Waals surface area contributed by atoms with Gasteiger partial charge < -0.3 is 0 Å². The molecule has 1 aliphatic heterocycles. The number of halogens is 3. The smallest absolute Gasteiger partial charge is 0.0637 e. The van der Waals surface area contributed by atoms with Crippen LogP contribution in [0.1, 0.15) is 18.4 Å². The monoisotopic (exact) mass is 335 g/mol. The van der Waals surface area contributed by atoms with Gasteiger partial charge in [-0.3, -0.25) is 4.90 Å². The average Bonchev–Trinajstić information content (AvgIpc) is 2.73. The van der Waals surface area contributed by atoms with Crippen LogP contribution in [0.4, 0.5) is 0 Å². The van der Waals surface area contributed by atoms with Gasteiger partial charge in [-0.25, -0.2) is 0 Å². The molecule has 94 valence electrons. The standard InChI is InChI=1S/C13H16BrCl2N/c14-6-4-10-5-7-17(8-10)9-11-2-1-3-12(15)13(11)16/h1-3,10H,4-9H2. The summed E-state index contributed by atoms with van der Waals surface area (Å²) in [5.74, 6) is 0.826. The molecule has 0 saturated carbocycles. The van der Waals surface area contributed by atoms with Crippen molar-refractivity contribution in [2.24, 2.45) is 5.92 Å². The Kier molecular flexibility index (Phi) is 5.16. The Hall–Kier alpha value is 0.240. The minimum atomic E-state index is 0.653. The number of hydrogen-bond acceptors (Lipinski definition) is 1. The lowest BCUT2D eigenvalue weighted by atomic mass is 10.1. The molecule has 1 fully saturated rings. The summed E-state index contributed by atoms with van der Waals surface area (Å²) in [4.78, 5) is 2.46. The van der Waals surface area contributed by atoms with E-state index < -0.39 is 0 Å². The van der Waals surface area contributed by atoms with Gasteiger partial charge in [0.1, 0.15) is 0 Å². The third kappa shape index (κ3) is 3.60. The average molecular weight is 337 g/mol. The van der Waals surface area contributed by atoms with E-state index in [1.54, 1.807) is 0 Å². The van der Waals surface area contributed by atoms with Crippen molar-refractivity contribution >= 4 is 39.1 Å². The van der Waals surface area contributed by atoms with E-state index in [0.717, 1.165) is 23.4 Å². The lowest BCUT2D eigenvalue weighted by Crippen LogP contribution is -2.20. The van der Waals surface area contributed by atoms with E-state index in [1.807, 2.05) is 12.1 Å².